The van der Waals surface area contributed by atoms with Gasteiger partial charge in [0, 0.05) is 6.92 Å². The highest BCUT2D eigenvalue weighted by molar-refractivity contribution is 7.84. The number of rotatable bonds is 7. The number of anilines is 1. The predicted octanol–water partition coefficient (Wildman–Crippen LogP) is -1.22. The number of nitrogens with one attached hydrogen (secondary N) is 2. The Bertz CT molecular complexity index is 1040. The Morgan fingerprint density at radius 2 is 1.97 bits per heavy atom. The maximum absolute atomic E-state index is 12.7. The largest absolute Gasteiger partial charge is 0.467 e. The van der Waals surface area contributed by atoms with Crippen LogP contribution in [0.4, 0.5) is 5.00 Å². The summed E-state index contributed by atoms with van der Waals surface area (Å²) in [6.45, 7) is 1.20. The van der Waals surface area contributed by atoms with Crippen LogP contribution in [-0.4, -0.2) is 78.0 Å². The Morgan fingerprint density at radius 1 is 1.33 bits per heavy atom. The maximum atomic E-state index is 12.7. The number of thiazole rings is 1. The summed E-state index contributed by atoms with van der Waals surface area (Å²) in [7, 11) is -3.07. The molecule has 0 aromatic carbocycles. The van der Waals surface area contributed by atoms with E-state index in [4.69, 9.17) is 16.2 Å². The number of β-lactam (4-membered cyclic amide) rings is 1. The summed E-state index contributed by atoms with van der Waals surface area (Å²) >= 11 is 6.64. The molecular weight excluding hydrogens is 470 g/mol. The van der Waals surface area contributed by atoms with Gasteiger partial charge in [-0.05, 0) is 0 Å². The van der Waals surface area contributed by atoms with Crippen LogP contribution in [-0.2, 0) is 39.1 Å². The van der Waals surface area contributed by atoms with Crippen LogP contribution >= 0.6 is 22.9 Å². The van der Waals surface area contributed by atoms with E-state index in [1.165, 1.54) is 6.92 Å². The minimum Gasteiger partial charge on any atom is -0.467 e. The van der Waals surface area contributed by atoms with Gasteiger partial charge in [-0.25, -0.2) is 9.78 Å². The molecule has 14 nitrogen and oxygen atoms in total. The molecule has 30 heavy (non-hydrogen) atoms. The van der Waals surface area contributed by atoms with Gasteiger partial charge < -0.3 is 20.2 Å². The monoisotopic (exact) mass is 483 g/mol. The van der Waals surface area contributed by atoms with E-state index in [1.807, 2.05) is 0 Å². The predicted molar refractivity (Wildman–Crippen MR) is 101 cm³/mol. The van der Waals surface area contributed by atoms with Crippen molar-refractivity contribution in [2.45, 2.75) is 19.0 Å². The van der Waals surface area contributed by atoms with E-state index < -0.39 is 51.8 Å². The van der Waals surface area contributed by atoms with Crippen molar-refractivity contribution in [2.75, 3.05) is 19.5 Å². The average Bonchev–Trinajstić information content (AvgIpc) is 2.98. The highest BCUT2D eigenvalue weighted by atomic mass is 35.5. The van der Waals surface area contributed by atoms with Gasteiger partial charge in [0.25, 0.3) is 11.8 Å². The molecule has 2 unspecified atom stereocenters. The van der Waals surface area contributed by atoms with E-state index in [-0.39, 0.29) is 19.5 Å². The number of hydrogen-bond acceptors (Lipinski definition) is 11. The van der Waals surface area contributed by atoms with Crippen molar-refractivity contribution >= 4 is 67.6 Å². The zero-order valence-electron chi connectivity index (χ0n) is 15.4. The summed E-state index contributed by atoms with van der Waals surface area (Å²) in [5, 5.41) is 8.04. The van der Waals surface area contributed by atoms with Gasteiger partial charge in [-0.3, -0.25) is 18.9 Å². The van der Waals surface area contributed by atoms with Gasteiger partial charge in [-0.1, -0.05) is 28.1 Å². The normalized spacial score (nSPS) is 19.0. The number of carbonyl (C=O) groups is 4. The van der Waals surface area contributed by atoms with Crippen molar-refractivity contribution in [3.05, 3.63) is 10.2 Å². The molecule has 1 aromatic heterocycles. The molecule has 0 bridgehead atoms. The highest BCUT2D eigenvalue weighted by Crippen LogP contribution is 2.30. The topological polar surface area (TPSA) is 194 Å². The van der Waals surface area contributed by atoms with E-state index in [1.54, 1.807) is 0 Å². The van der Waals surface area contributed by atoms with E-state index >= 15 is 0 Å². The maximum Gasteiger partial charge on any atom is 0.363 e. The molecule has 1 aliphatic heterocycles. The fraction of sp³-hybridized carbons (Fsp3) is 0.385. The lowest BCUT2D eigenvalue weighted by Gasteiger charge is -2.41. The zero-order valence-corrected chi connectivity index (χ0v) is 17.8. The van der Waals surface area contributed by atoms with Crippen LogP contribution < -0.4 is 10.6 Å². The second-order valence-corrected chi connectivity index (χ2v) is 8.35. The summed E-state index contributed by atoms with van der Waals surface area (Å²) in [6, 6.07) is -3.55. The van der Waals surface area contributed by atoms with Crippen molar-refractivity contribution in [3.63, 3.8) is 0 Å². The Kier molecular flexibility index (Phi) is 6.96. The molecule has 2 rings (SSSR count). The third-order valence-corrected chi connectivity index (χ3v) is 5.52. The number of nitrogens with zero attached hydrogens (tertiary/aromatic N) is 3. The first-order valence-corrected chi connectivity index (χ1v) is 10.3. The zero-order chi connectivity index (χ0) is 22.8. The molecule has 3 N–H and O–H groups in total. The molecule has 1 fully saturated rings. The van der Waals surface area contributed by atoms with E-state index in [9.17, 15) is 27.6 Å². The fourth-order valence-electron chi connectivity index (χ4n) is 2.41. The van der Waals surface area contributed by atoms with E-state index in [0.29, 0.717) is 0 Å². The molecule has 1 aliphatic rings. The first-order chi connectivity index (χ1) is 13.9. The summed E-state index contributed by atoms with van der Waals surface area (Å²) in [5.41, 5.74) is -0.737. The van der Waals surface area contributed by atoms with Crippen LogP contribution in [0, 0.1) is 0 Å². The number of amides is 3. The van der Waals surface area contributed by atoms with Crippen molar-refractivity contribution in [1.82, 2.24) is 14.6 Å². The smallest absolute Gasteiger partial charge is 0.363 e. The number of ether oxygens (including phenoxy) is 1. The quantitative estimate of drug-likeness (QED) is 0.139. The second-order valence-electron chi connectivity index (χ2n) is 5.48. The first-order valence-electron chi connectivity index (χ1n) is 7.67. The van der Waals surface area contributed by atoms with Crippen molar-refractivity contribution in [2.24, 2.45) is 5.16 Å². The van der Waals surface area contributed by atoms with Gasteiger partial charge >= 0.3 is 16.3 Å². The average molecular weight is 484 g/mol. The molecule has 2 atom stereocenters. The van der Waals surface area contributed by atoms with Crippen LogP contribution in [0.5, 0.6) is 0 Å². The van der Waals surface area contributed by atoms with E-state index in [0.717, 1.165) is 25.6 Å². The summed E-state index contributed by atoms with van der Waals surface area (Å²) in [6.07, 6.45) is 0. The molecular formula is C13H14ClN5O9S2. The van der Waals surface area contributed by atoms with Crippen LogP contribution in [0.2, 0.25) is 4.47 Å². The lowest BCUT2D eigenvalue weighted by molar-refractivity contribution is -0.162. The van der Waals surface area contributed by atoms with Gasteiger partial charge in [0.05, 0.1) is 7.11 Å². The molecule has 0 aliphatic carbocycles. The first kappa shape index (κ1) is 23.5. The number of halogens is 1. The summed E-state index contributed by atoms with van der Waals surface area (Å²) < 4.78 is 36.0. The molecule has 0 radical (unpaired) electrons. The van der Waals surface area contributed by atoms with Crippen LogP contribution in [0.15, 0.2) is 5.16 Å². The van der Waals surface area contributed by atoms with Crippen molar-refractivity contribution < 1.29 is 41.7 Å². The van der Waals surface area contributed by atoms with Crippen molar-refractivity contribution in [3.8, 4) is 0 Å². The molecule has 1 saturated heterocycles. The standard InChI is InChI=1S/C13H14ClN5O9S2/c1-4(20)15-10-6(17-13(14)29-10)5(18-28-3)9(21)16-7-8(12(23)27-2)19(11(7)22)30(24,25)26/h7-8H,1-3H3,(H,15,20)(H,16,21)(H,24,25,26). The number of aromatic nitrogens is 1. The lowest BCUT2D eigenvalue weighted by Crippen LogP contribution is -2.74. The molecule has 0 spiro atoms. The van der Waals surface area contributed by atoms with Crippen LogP contribution in [0.25, 0.3) is 0 Å². The Labute approximate surface area is 178 Å². The third-order valence-electron chi connectivity index (χ3n) is 3.54. The number of carbonyl (C=O) groups excluding carboxylic acids is 4. The van der Waals surface area contributed by atoms with E-state index in [2.05, 4.69) is 30.3 Å². The number of esters is 1. The minimum absolute atomic E-state index is 0.0440. The molecule has 2 heterocycles. The third kappa shape index (κ3) is 4.66. The van der Waals surface area contributed by atoms with Gasteiger partial charge in [-0.15, -0.1) is 0 Å². The number of oxime groups is 1. The molecule has 0 saturated carbocycles. The number of hydrogen-bond donors (Lipinski definition) is 3. The summed E-state index contributed by atoms with van der Waals surface area (Å²) in [5.74, 6) is -4.13. The van der Waals surface area contributed by atoms with Gasteiger partial charge in [-0.2, -0.15) is 12.7 Å². The Morgan fingerprint density at radius 3 is 2.47 bits per heavy atom. The van der Waals surface area contributed by atoms with Gasteiger partial charge in [0.1, 0.15) is 23.8 Å². The highest BCUT2D eigenvalue weighted by Gasteiger charge is 2.58. The Balaban J connectivity index is 2.36. The van der Waals surface area contributed by atoms with Crippen LogP contribution in [0.3, 0.4) is 0 Å². The second kappa shape index (κ2) is 8.90. The van der Waals surface area contributed by atoms with Gasteiger partial charge in [0.15, 0.2) is 16.2 Å². The molecule has 3 amide bonds. The lowest BCUT2D eigenvalue weighted by atomic mass is 9.98. The van der Waals surface area contributed by atoms with Crippen molar-refractivity contribution in [1.29, 1.82) is 0 Å². The summed E-state index contributed by atoms with van der Waals surface area (Å²) in [4.78, 5) is 56.5. The van der Waals surface area contributed by atoms with Crippen LogP contribution in [0.1, 0.15) is 12.6 Å². The minimum atomic E-state index is -5.09. The fourth-order valence-corrected chi connectivity index (χ4v) is 4.30. The Hall–Kier alpha value is -2.82. The van der Waals surface area contributed by atoms with Gasteiger partial charge in [0.2, 0.25) is 5.91 Å². The molecule has 164 valence electrons. The molecule has 1 aromatic rings. The number of methoxy groups -OCH3 is 1. The molecule has 17 heteroatoms. The SMILES string of the molecule is CON=C(C(=O)NC1C(=O)N(S(=O)(=O)O)C1C(=O)OC)c1nc(Cl)sc1NC(C)=O.